The van der Waals surface area contributed by atoms with Gasteiger partial charge in [-0.3, -0.25) is 4.79 Å². The van der Waals surface area contributed by atoms with E-state index >= 15 is 0 Å². The van der Waals surface area contributed by atoms with Gasteiger partial charge in [-0.05, 0) is 31.2 Å². The van der Waals surface area contributed by atoms with Crippen molar-refractivity contribution in [1.29, 1.82) is 0 Å². The van der Waals surface area contributed by atoms with Gasteiger partial charge in [0.25, 0.3) is 5.91 Å². The van der Waals surface area contributed by atoms with Crippen molar-refractivity contribution in [1.82, 2.24) is 20.6 Å². The first-order chi connectivity index (χ1) is 9.21. The van der Waals surface area contributed by atoms with Crippen molar-refractivity contribution in [3.63, 3.8) is 0 Å². The molecular weight excluding hydrogens is 242 g/mol. The van der Waals surface area contributed by atoms with E-state index in [0.717, 1.165) is 13.1 Å². The van der Waals surface area contributed by atoms with E-state index in [2.05, 4.69) is 25.9 Å². The van der Waals surface area contributed by atoms with Crippen LogP contribution in [-0.2, 0) is 0 Å². The van der Waals surface area contributed by atoms with Crippen LogP contribution < -0.4 is 16.0 Å². The van der Waals surface area contributed by atoms with Crippen LogP contribution in [0.2, 0.25) is 0 Å². The first kappa shape index (κ1) is 12.3. The maximum atomic E-state index is 11.4. The van der Waals surface area contributed by atoms with Crippen molar-refractivity contribution >= 4 is 11.9 Å². The number of rotatable bonds is 3. The highest BCUT2D eigenvalue weighted by Crippen LogP contribution is 2.46. The van der Waals surface area contributed by atoms with E-state index in [1.165, 1.54) is 19.3 Å². The zero-order chi connectivity index (χ0) is 13.3. The summed E-state index contributed by atoms with van der Waals surface area (Å²) in [6, 6.07) is 0.464. The van der Waals surface area contributed by atoms with Crippen molar-refractivity contribution < 1.29 is 4.79 Å². The minimum Gasteiger partial charge on any atom is -0.355 e. The summed E-state index contributed by atoms with van der Waals surface area (Å²) < 4.78 is 0. The molecule has 2 heterocycles. The van der Waals surface area contributed by atoms with Gasteiger partial charge in [-0.1, -0.05) is 0 Å². The number of aromatic nitrogens is 2. The van der Waals surface area contributed by atoms with Crippen LogP contribution in [0.5, 0.6) is 0 Å². The molecule has 1 spiro atoms. The molecule has 2 fully saturated rings. The lowest BCUT2D eigenvalue weighted by Crippen LogP contribution is -2.46. The molecule has 102 valence electrons. The van der Waals surface area contributed by atoms with Crippen molar-refractivity contribution in [3.8, 4) is 0 Å². The van der Waals surface area contributed by atoms with Gasteiger partial charge in [0.2, 0.25) is 5.95 Å². The van der Waals surface area contributed by atoms with Crippen molar-refractivity contribution in [2.45, 2.75) is 25.3 Å². The summed E-state index contributed by atoms with van der Waals surface area (Å²) in [4.78, 5) is 19.7. The highest BCUT2D eigenvalue weighted by molar-refractivity contribution is 5.93. The van der Waals surface area contributed by atoms with Crippen LogP contribution in [0.1, 0.15) is 29.6 Å². The van der Waals surface area contributed by atoms with Crippen LogP contribution in [0, 0.1) is 5.41 Å². The van der Waals surface area contributed by atoms with Gasteiger partial charge in [0.05, 0.1) is 5.56 Å². The van der Waals surface area contributed by atoms with Gasteiger partial charge in [0.15, 0.2) is 0 Å². The van der Waals surface area contributed by atoms with E-state index < -0.39 is 0 Å². The van der Waals surface area contributed by atoms with Crippen LogP contribution in [0.15, 0.2) is 12.4 Å². The zero-order valence-electron chi connectivity index (χ0n) is 11.1. The standard InChI is InChI=1S/C13H19N5O/c1-14-11(19)9-6-16-12(17-7-9)18-10-4-13(5-10)2-3-15-8-13/h6-7,10,15H,2-5,8H2,1H3,(H,14,19)(H,16,17,18). The Morgan fingerprint density at radius 1 is 1.42 bits per heavy atom. The molecule has 0 radical (unpaired) electrons. The molecule has 1 saturated heterocycles. The zero-order valence-corrected chi connectivity index (χ0v) is 11.1. The second kappa shape index (κ2) is 4.77. The molecule has 6 heteroatoms. The molecule has 0 bridgehead atoms. The lowest BCUT2D eigenvalue weighted by Gasteiger charge is -2.45. The number of anilines is 1. The number of nitrogens with zero attached hydrogens (tertiary/aromatic N) is 2. The van der Waals surface area contributed by atoms with Crippen molar-refractivity contribution in [2.75, 3.05) is 25.5 Å². The molecular formula is C13H19N5O. The van der Waals surface area contributed by atoms with E-state index in [4.69, 9.17) is 0 Å². The molecule has 3 rings (SSSR count). The fourth-order valence-electron chi connectivity index (χ4n) is 3.08. The smallest absolute Gasteiger partial charge is 0.254 e. The Morgan fingerprint density at radius 2 is 2.16 bits per heavy atom. The normalized spacial score (nSPS) is 29.0. The largest absolute Gasteiger partial charge is 0.355 e. The average molecular weight is 261 g/mol. The fourth-order valence-corrected chi connectivity index (χ4v) is 3.08. The number of hydrogen-bond donors (Lipinski definition) is 3. The van der Waals surface area contributed by atoms with Gasteiger partial charge in [0.1, 0.15) is 0 Å². The predicted octanol–water partition coefficient (Wildman–Crippen LogP) is 0.390. The molecule has 6 nitrogen and oxygen atoms in total. The Labute approximate surface area is 112 Å². The number of hydrogen-bond acceptors (Lipinski definition) is 5. The maximum absolute atomic E-state index is 11.4. The van der Waals surface area contributed by atoms with Crippen LogP contribution in [0.4, 0.5) is 5.95 Å². The molecule has 0 unspecified atom stereocenters. The van der Waals surface area contributed by atoms with E-state index in [1.807, 2.05) is 0 Å². The topological polar surface area (TPSA) is 78.9 Å². The minimum atomic E-state index is -0.161. The molecule has 1 amide bonds. The molecule has 0 atom stereocenters. The van der Waals surface area contributed by atoms with Gasteiger partial charge in [0, 0.05) is 32.0 Å². The number of amides is 1. The van der Waals surface area contributed by atoms with Gasteiger partial charge in [-0.25, -0.2) is 9.97 Å². The molecule has 3 N–H and O–H groups in total. The number of carbonyl (C=O) groups is 1. The summed E-state index contributed by atoms with van der Waals surface area (Å²) >= 11 is 0. The highest BCUT2D eigenvalue weighted by Gasteiger charge is 2.45. The third kappa shape index (κ3) is 2.40. The Morgan fingerprint density at radius 3 is 2.74 bits per heavy atom. The van der Waals surface area contributed by atoms with Gasteiger partial charge < -0.3 is 16.0 Å². The molecule has 1 aliphatic heterocycles. The fraction of sp³-hybridized carbons (Fsp3) is 0.615. The molecule has 1 aromatic rings. The van der Waals surface area contributed by atoms with E-state index in [-0.39, 0.29) is 5.91 Å². The first-order valence-corrected chi connectivity index (χ1v) is 6.72. The molecule has 0 aromatic carbocycles. The monoisotopic (exact) mass is 261 g/mol. The van der Waals surface area contributed by atoms with Crippen LogP contribution >= 0.6 is 0 Å². The quantitative estimate of drug-likeness (QED) is 0.733. The third-order valence-electron chi connectivity index (χ3n) is 4.17. The lowest BCUT2D eigenvalue weighted by atomic mass is 9.65. The summed E-state index contributed by atoms with van der Waals surface area (Å²) in [5, 5.41) is 9.30. The SMILES string of the molecule is CNC(=O)c1cnc(NC2CC3(CCNC3)C2)nc1. The highest BCUT2D eigenvalue weighted by atomic mass is 16.1. The van der Waals surface area contributed by atoms with Crippen LogP contribution in [0.25, 0.3) is 0 Å². The van der Waals surface area contributed by atoms with Crippen LogP contribution in [0.3, 0.4) is 0 Å². The van der Waals surface area contributed by atoms with E-state index in [1.54, 1.807) is 19.4 Å². The van der Waals surface area contributed by atoms with E-state index in [0.29, 0.717) is 23.0 Å². The van der Waals surface area contributed by atoms with Gasteiger partial charge in [-0.2, -0.15) is 0 Å². The summed E-state index contributed by atoms with van der Waals surface area (Å²) in [7, 11) is 1.60. The summed E-state index contributed by atoms with van der Waals surface area (Å²) in [6.07, 6.45) is 6.75. The Kier molecular flexibility index (Phi) is 3.10. The predicted molar refractivity (Wildman–Crippen MR) is 72.0 cm³/mol. The summed E-state index contributed by atoms with van der Waals surface area (Å²) in [5.74, 6) is 0.449. The maximum Gasteiger partial charge on any atom is 0.254 e. The van der Waals surface area contributed by atoms with Gasteiger partial charge >= 0.3 is 0 Å². The minimum absolute atomic E-state index is 0.161. The molecule has 2 aliphatic rings. The van der Waals surface area contributed by atoms with E-state index in [9.17, 15) is 4.79 Å². The summed E-state index contributed by atoms with van der Waals surface area (Å²) in [6.45, 7) is 2.28. The second-order valence-electron chi connectivity index (χ2n) is 5.55. The average Bonchev–Trinajstić information content (AvgIpc) is 2.88. The number of nitrogens with one attached hydrogen (secondary N) is 3. The molecule has 1 aromatic heterocycles. The van der Waals surface area contributed by atoms with Crippen LogP contribution in [-0.4, -0.2) is 42.1 Å². The lowest BCUT2D eigenvalue weighted by molar-refractivity contribution is 0.0962. The summed E-state index contributed by atoms with van der Waals surface area (Å²) in [5.41, 5.74) is 0.998. The number of carbonyl (C=O) groups excluding carboxylic acids is 1. The van der Waals surface area contributed by atoms with Crippen molar-refractivity contribution in [2.24, 2.45) is 5.41 Å². The third-order valence-corrected chi connectivity index (χ3v) is 4.17. The first-order valence-electron chi connectivity index (χ1n) is 6.72. The van der Waals surface area contributed by atoms with Crippen molar-refractivity contribution in [3.05, 3.63) is 18.0 Å². The molecule has 1 saturated carbocycles. The Balaban J connectivity index is 1.55. The second-order valence-corrected chi connectivity index (χ2v) is 5.55. The molecule has 19 heavy (non-hydrogen) atoms. The molecule has 1 aliphatic carbocycles. The van der Waals surface area contributed by atoms with Gasteiger partial charge in [-0.15, -0.1) is 0 Å². The Hall–Kier alpha value is -1.69. The Bertz CT molecular complexity index is 458.